The molecule has 0 saturated carbocycles. The quantitative estimate of drug-likeness (QED) is 0.910. The fourth-order valence-corrected chi connectivity index (χ4v) is 2.73. The second kappa shape index (κ2) is 5.16. The minimum atomic E-state index is 0.0925. The molecule has 1 aliphatic rings. The van der Waals surface area contributed by atoms with Gasteiger partial charge in [-0.15, -0.1) is 0 Å². The van der Waals surface area contributed by atoms with Crippen molar-refractivity contribution in [2.75, 3.05) is 6.54 Å². The highest BCUT2D eigenvalue weighted by Gasteiger charge is 2.20. The van der Waals surface area contributed by atoms with Gasteiger partial charge in [0.05, 0.1) is 0 Å². The Kier molecular flexibility index (Phi) is 3.36. The van der Waals surface area contributed by atoms with Crippen molar-refractivity contribution in [3.8, 4) is 0 Å². The van der Waals surface area contributed by atoms with Gasteiger partial charge in [-0.2, -0.15) is 0 Å². The van der Waals surface area contributed by atoms with Gasteiger partial charge in [-0.05, 0) is 23.6 Å². The summed E-state index contributed by atoms with van der Waals surface area (Å²) in [5.74, 6) is 0. The van der Waals surface area contributed by atoms with Gasteiger partial charge in [-0.1, -0.05) is 54.1 Å². The van der Waals surface area contributed by atoms with E-state index in [0.717, 1.165) is 19.6 Å². The second-order valence-electron chi connectivity index (χ2n) is 5.46. The Morgan fingerprint density at radius 2 is 1.58 bits per heavy atom. The van der Waals surface area contributed by atoms with Crippen LogP contribution in [0.15, 0.2) is 48.5 Å². The zero-order valence-electron chi connectivity index (χ0n) is 11.3. The minimum absolute atomic E-state index is 0.0925. The lowest BCUT2D eigenvalue weighted by Crippen LogP contribution is -2.28. The predicted octanol–water partition coefficient (Wildman–Crippen LogP) is 3.01. The lowest BCUT2D eigenvalue weighted by atomic mass is 10.1. The van der Waals surface area contributed by atoms with Crippen molar-refractivity contribution < 1.29 is 0 Å². The van der Waals surface area contributed by atoms with Gasteiger partial charge in [0, 0.05) is 25.7 Å². The highest BCUT2D eigenvalue weighted by atomic mass is 15.1. The summed E-state index contributed by atoms with van der Waals surface area (Å²) in [5, 5.41) is 0. The van der Waals surface area contributed by atoms with Crippen LogP contribution < -0.4 is 5.73 Å². The molecule has 0 fully saturated rings. The maximum Gasteiger partial charge on any atom is 0.0424 e. The topological polar surface area (TPSA) is 29.3 Å². The Labute approximate surface area is 114 Å². The Bertz CT molecular complexity index is 535. The van der Waals surface area contributed by atoms with Crippen LogP contribution in [0.1, 0.15) is 28.3 Å². The van der Waals surface area contributed by atoms with E-state index in [4.69, 9.17) is 5.73 Å². The minimum Gasteiger partial charge on any atom is -0.323 e. The van der Waals surface area contributed by atoms with E-state index < -0.39 is 0 Å². The SMILES string of the molecule is Cc1ccc(C(N)CN2Cc3ccccc3C2)cc1. The summed E-state index contributed by atoms with van der Waals surface area (Å²) in [6.07, 6.45) is 0. The number of nitrogens with zero attached hydrogens (tertiary/aromatic N) is 1. The summed E-state index contributed by atoms with van der Waals surface area (Å²) >= 11 is 0. The number of fused-ring (bicyclic) bond motifs is 1. The summed E-state index contributed by atoms with van der Waals surface area (Å²) in [6.45, 7) is 5.07. The molecular formula is C17H20N2. The maximum atomic E-state index is 6.32. The Balaban J connectivity index is 1.66. The van der Waals surface area contributed by atoms with E-state index in [0.29, 0.717) is 0 Å². The Morgan fingerprint density at radius 3 is 2.16 bits per heavy atom. The molecular weight excluding hydrogens is 232 g/mol. The smallest absolute Gasteiger partial charge is 0.0424 e. The lowest BCUT2D eigenvalue weighted by Gasteiger charge is -2.20. The third kappa shape index (κ3) is 2.70. The van der Waals surface area contributed by atoms with Crippen LogP contribution in [0.3, 0.4) is 0 Å². The summed E-state index contributed by atoms with van der Waals surface area (Å²) < 4.78 is 0. The van der Waals surface area contributed by atoms with E-state index in [1.54, 1.807) is 0 Å². The first-order valence-corrected chi connectivity index (χ1v) is 6.83. The van der Waals surface area contributed by atoms with Gasteiger partial charge >= 0.3 is 0 Å². The van der Waals surface area contributed by atoms with E-state index in [1.807, 2.05) is 0 Å². The van der Waals surface area contributed by atoms with Gasteiger partial charge in [-0.3, -0.25) is 4.90 Å². The first kappa shape index (κ1) is 12.4. The molecule has 0 aromatic heterocycles. The molecule has 0 saturated heterocycles. The summed E-state index contributed by atoms with van der Waals surface area (Å²) in [7, 11) is 0. The van der Waals surface area contributed by atoms with Crippen LogP contribution >= 0.6 is 0 Å². The molecule has 2 aromatic carbocycles. The molecule has 0 amide bonds. The number of hydrogen-bond donors (Lipinski definition) is 1. The number of rotatable bonds is 3. The molecule has 0 radical (unpaired) electrons. The largest absolute Gasteiger partial charge is 0.323 e. The third-order valence-electron chi connectivity index (χ3n) is 3.87. The molecule has 1 atom stereocenters. The number of nitrogens with two attached hydrogens (primary N) is 1. The molecule has 1 heterocycles. The fourth-order valence-electron chi connectivity index (χ4n) is 2.73. The van der Waals surface area contributed by atoms with Crippen LogP contribution in [0.25, 0.3) is 0 Å². The van der Waals surface area contributed by atoms with Gasteiger partial charge in [-0.25, -0.2) is 0 Å². The molecule has 0 bridgehead atoms. The molecule has 1 aliphatic heterocycles. The maximum absolute atomic E-state index is 6.32. The fraction of sp³-hybridized carbons (Fsp3) is 0.294. The van der Waals surface area contributed by atoms with Gasteiger partial charge in [0.25, 0.3) is 0 Å². The normalized spacial score (nSPS) is 16.3. The average Bonchev–Trinajstić information content (AvgIpc) is 2.81. The predicted molar refractivity (Wildman–Crippen MR) is 78.7 cm³/mol. The van der Waals surface area contributed by atoms with Crippen LogP contribution in [-0.4, -0.2) is 11.4 Å². The zero-order valence-corrected chi connectivity index (χ0v) is 11.3. The van der Waals surface area contributed by atoms with E-state index in [1.165, 1.54) is 22.3 Å². The second-order valence-corrected chi connectivity index (χ2v) is 5.46. The summed E-state index contributed by atoms with van der Waals surface area (Å²) in [6, 6.07) is 17.3. The third-order valence-corrected chi connectivity index (χ3v) is 3.87. The van der Waals surface area contributed by atoms with Crippen molar-refractivity contribution in [2.45, 2.75) is 26.1 Å². The molecule has 19 heavy (non-hydrogen) atoms. The summed E-state index contributed by atoms with van der Waals surface area (Å²) in [4.78, 5) is 2.43. The van der Waals surface area contributed by atoms with Gasteiger partial charge in [0.1, 0.15) is 0 Å². The van der Waals surface area contributed by atoms with Crippen molar-refractivity contribution in [1.82, 2.24) is 4.90 Å². The Morgan fingerprint density at radius 1 is 1.00 bits per heavy atom. The highest BCUT2D eigenvalue weighted by molar-refractivity contribution is 5.30. The molecule has 0 spiro atoms. The van der Waals surface area contributed by atoms with E-state index in [2.05, 4.69) is 60.4 Å². The average molecular weight is 252 g/mol. The molecule has 3 rings (SSSR count). The van der Waals surface area contributed by atoms with E-state index in [9.17, 15) is 0 Å². The van der Waals surface area contributed by atoms with Crippen LogP contribution in [0.5, 0.6) is 0 Å². The van der Waals surface area contributed by atoms with Crippen molar-refractivity contribution in [3.05, 3.63) is 70.8 Å². The molecule has 2 N–H and O–H groups in total. The molecule has 98 valence electrons. The lowest BCUT2D eigenvalue weighted by molar-refractivity contribution is 0.266. The summed E-state index contributed by atoms with van der Waals surface area (Å²) in [5.41, 5.74) is 11.7. The Hall–Kier alpha value is -1.64. The van der Waals surface area contributed by atoms with Crippen molar-refractivity contribution in [3.63, 3.8) is 0 Å². The molecule has 2 heteroatoms. The van der Waals surface area contributed by atoms with Gasteiger partial charge in [0.15, 0.2) is 0 Å². The monoisotopic (exact) mass is 252 g/mol. The number of hydrogen-bond acceptors (Lipinski definition) is 2. The standard InChI is InChI=1S/C17H20N2/c1-13-6-8-14(9-7-13)17(18)12-19-10-15-4-2-3-5-16(15)11-19/h2-9,17H,10-12,18H2,1H3. The van der Waals surface area contributed by atoms with E-state index in [-0.39, 0.29) is 6.04 Å². The first-order chi connectivity index (χ1) is 9.22. The van der Waals surface area contributed by atoms with Crippen molar-refractivity contribution >= 4 is 0 Å². The molecule has 2 nitrogen and oxygen atoms in total. The van der Waals surface area contributed by atoms with Gasteiger partial charge < -0.3 is 5.73 Å². The molecule has 2 aromatic rings. The molecule has 0 aliphatic carbocycles. The van der Waals surface area contributed by atoms with Crippen molar-refractivity contribution in [1.29, 1.82) is 0 Å². The van der Waals surface area contributed by atoms with Crippen LogP contribution in [0.2, 0.25) is 0 Å². The van der Waals surface area contributed by atoms with E-state index >= 15 is 0 Å². The van der Waals surface area contributed by atoms with Crippen LogP contribution in [0, 0.1) is 6.92 Å². The van der Waals surface area contributed by atoms with Crippen LogP contribution in [0.4, 0.5) is 0 Å². The molecule has 1 unspecified atom stereocenters. The first-order valence-electron chi connectivity index (χ1n) is 6.83. The van der Waals surface area contributed by atoms with Crippen LogP contribution in [-0.2, 0) is 13.1 Å². The number of aryl methyl sites for hydroxylation is 1. The zero-order chi connectivity index (χ0) is 13.2. The van der Waals surface area contributed by atoms with Crippen molar-refractivity contribution in [2.24, 2.45) is 5.73 Å². The number of benzene rings is 2. The highest BCUT2D eigenvalue weighted by Crippen LogP contribution is 2.24. The van der Waals surface area contributed by atoms with Gasteiger partial charge in [0.2, 0.25) is 0 Å².